The Hall–Kier alpha value is -3.07. The first-order valence-electron chi connectivity index (χ1n) is 9.35. The van der Waals surface area contributed by atoms with Gasteiger partial charge in [-0.25, -0.2) is 22.2 Å². The van der Waals surface area contributed by atoms with Crippen LogP contribution in [0, 0.1) is 23.0 Å². The fourth-order valence-corrected chi connectivity index (χ4v) is 4.89. The van der Waals surface area contributed by atoms with Crippen LogP contribution in [0.1, 0.15) is 35.3 Å². The summed E-state index contributed by atoms with van der Waals surface area (Å²) in [6.07, 6.45) is 1.27. The van der Waals surface area contributed by atoms with Crippen molar-refractivity contribution >= 4 is 44.0 Å². The number of benzene rings is 2. The summed E-state index contributed by atoms with van der Waals surface area (Å²) in [4.78, 5) is 15.8. The van der Waals surface area contributed by atoms with E-state index in [1.165, 1.54) is 24.4 Å². The van der Waals surface area contributed by atoms with Crippen molar-refractivity contribution in [1.29, 1.82) is 5.26 Å². The highest BCUT2D eigenvalue weighted by Gasteiger charge is 2.24. The second-order valence-corrected chi connectivity index (χ2v) is 10.8. The minimum Gasteiger partial charge on any atom is -0.348 e. The van der Waals surface area contributed by atoms with Crippen LogP contribution in [0.2, 0.25) is 4.34 Å². The van der Waals surface area contributed by atoms with Crippen LogP contribution >= 0.6 is 22.9 Å². The maximum Gasteiger partial charge on any atom is 0.263 e. The summed E-state index contributed by atoms with van der Waals surface area (Å²) >= 11 is 6.62. The van der Waals surface area contributed by atoms with Crippen LogP contribution in [-0.2, 0) is 22.0 Å². The van der Waals surface area contributed by atoms with Gasteiger partial charge in [0, 0.05) is 12.1 Å². The molecule has 0 saturated carbocycles. The Labute approximate surface area is 198 Å². The van der Waals surface area contributed by atoms with Crippen LogP contribution in [0.3, 0.4) is 0 Å². The number of aromatic nitrogens is 1. The standard InChI is InChI=1S/C21H17ClF2N4O3S2/c1-21(2,11-25)15-7-12(3-6-16(15)23)9-26-19(29)14-5-4-13(8-17(14)24)33(30,31)28-20-27-10-18(22)32-20/h3-8,10H,9H2,1-2H3,(H,26,29)(H,27,28). The lowest BCUT2D eigenvalue weighted by Crippen LogP contribution is -2.25. The van der Waals surface area contributed by atoms with Crippen LogP contribution in [0.4, 0.5) is 13.9 Å². The number of sulfonamides is 1. The molecule has 0 aliphatic rings. The van der Waals surface area contributed by atoms with Crippen LogP contribution < -0.4 is 10.0 Å². The number of nitrogens with zero attached hydrogens (tertiary/aromatic N) is 2. The van der Waals surface area contributed by atoms with E-state index in [4.69, 9.17) is 11.6 Å². The number of hydrogen-bond acceptors (Lipinski definition) is 6. The van der Waals surface area contributed by atoms with E-state index in [-0.39, 0.29) is 27.1 Å². The lowest BCUT2D eigenvalue weighted by Gasteiger charge is -2.18. The highest BCUT2D eigenvalue weighted by atomic mass is 35.5. The summed E-state index contributed by atoms with van der Waals surface area (Å²) < 4.78 is 55.9. The Balaban J connectivity index is 1.74. The van der Waals surface area contributed by atoms with Crippen molar-refractivity contribution in [2.75, 3.05) is 4.72 Å². The van der Waals surface area contributed by atoms with Gasteiger partial charge < -0.3 is 5.32 Å². The van der Waals surface area contributed by atoms with Gasteiger partial charge in [0.05, 0.1) is 28.1 Å². The largest absolute Gasteiger partial charge is 0.348 e. The summed E-state index contributed by atoms with van der Waals surface area (Å²) in [5, 5.41) is 11.8. The number of carbonyl (C=O) groups is 1. The quantitative estimate of drug-likeness (QED) is 0.482. The highest BCUT2D eigenvalue weighted by molar-refractivity contribution is 7.93. The SMILES string of the molecule is CC(C)(C#N)c1cc(CNC(=O)c2ccc(S(=O)(=O)Nc3ncc(Cl)s3)cc2F)ccc1F. The van der Waals surface area contributed by atoms with Gasteiger partial charge >= 0.3 is 0 Å². The van der Waals surface area contributed by atoms with E-state index in [9.17, 15) is 27.3 Å². The van der Waals surface area contributed by atoms with Gasteiger partial charge in [-0.3, -0.25) is 9.52 Å². The number of thiazole rings is 1. The molecule has 3 rings (SSSR count). The maximum absolute atomic E-state index is 14.5. The number of nitriles is 1. The molecule has 0 aliphatic carbocycles. The van der Waals surface area contributed by atoms with E-state index in [1.54, 1.807) is 13.8 Å². The van der Waals surface area contributed by atoms with Crippen molar-refractivity contribution in [3.05, 3.63) is 75.3 Å². The van der Waals surface area contributed by atoms with Crippen molar-refractivity contribution in [2.45, 2.75) is 30.7 Å². The third-order valence-electron chi connectivity index (χ3n) is 4.63. The molecule has 0 bridgehead atoms. The minimum absolute atomic E-state index is 0.0143. The van der Waals surface area contributed by atoms with Crippen molar-refractivity contribution in [3.8, 4) is 6.07 Å². The lowest BCUT2D eigenvalue weighted by atomic mass is 9.85. The van der Waals surface area contributed by atoms with E-state index in [2.05, 4.69) is 15.0 Å². The Morgan fingerprint density at radius 2 is 1.94 bits per heavy atom. The predicted octanol–water partition coefficient (Wildman–Crippen LogP) is 4.61. The highest BCUT2D eigenvalue weighted by Crippen LogP contribution is 2.27. The van der Waals surface area contributed by atoms with Gasteiger partial charge in [-0.05, 0) is 49.7 Å². The first-order chi connectivity index (χ1) is 15.4. The zero-order valence-corrected chi connectivity index (χ0v) is 19.7. The smallest absolute Gasteiger partial charge is 0.263 e. The van der Waals surface area contributed by atoms with E-state index in [0.29, 0.717) is 5.56 Å². The Bertz CT molecular complexity index is 1370. The van der Waals surface area contributed by atoms with Crippen LogP contribution in [0.15, 0.2) is 47.5 Å². The maximum atomic E-state index is 14.5. The number of rotatable bonds is 7. The molecular formula is C21H17ClF2N4O3S2. The van der Waals surface area contributed by atoms with Crippen molar-refractivity contribution in [2.24, 2.45) is 0 Å². The second kappa shape index (κ2) is 9.43. The molecule has 7 nitrogen and oxygen atoms in total. The van der Waals surface area contributed by atoms with Crippen LogP contribution in [0.25, 0.3) is 0 Å². The van der Waals surface area contributed by atoms with E-state index >= 15 is 0 Å². The number of amides is 1. The van der Waals surface area contributed by atoms with E-state index in [1.807, 2.05) is 6.07 Å². The van der Waals surface area contributed by atoms with E-state index < -0.39 is 37.9 Å². The Morgan fingerprint density at radius 1 is 1.21 bits per heavy atom. The molecule has 0 radical (unpaired) electrons. The molecule has 1 heterocycles. The molecule has 0 aliphatic heterocycles. The lowest BCUT2D eigenvalue weighted by molar-refractivity contribution is 0.0946. The van der Waals surface area contributed by atoms with Gasteiger partial charge in [-0.1, -0.05) is 29.0 Å². The average Bonchev–Trinajstić information content (AvgIpc) is 3.16. The van der Waals surface area contributed by atoms with Gasteiger partial charge in [0.25, 0.3) is 15.9 Å². The average molecular weight is 511 g/mol. The molecule has 2 aromatic carbocycles. The molecular weight excluding hydrogens is 494 g/mol. The van der Waals surface area contributed by atoms with Gasteiger partial charge in [-0.15, -0.1) is 0 Å². The Kier molecular flexibility index (Phi) is 7.02. The van der Waals surface area contributed by atoms with Crippen molar-refractivity contribution in [3.63, 3.8) is 0 Å². The third kappa shape index (κ3) is 5.65. The first kappa shape index (κ1) is 24.6. The second-order valence-electron chi connectivity index (χ2n) is 7.45. The van der Waals surface area contributed by atoms with Gasteiger partial charge in [0.1, 0.15) is 16.0 Å². The molecule has 2 N–H and O–H groups in total. The Morgan fingerprint density at radius 3 is 2.55 bits per heavy atom. The van der Waals surface area contributed by atoms with Crippen LogP contribution in [0.5, 0.6) is 0 Å². The van der Waals surface area contributed by atoms with E-state index in [0.717, 1.165) is 29.5 Å². The van der Waals surface area contributed by atoms with Gasteiger partial charge in [-0.2, -0.15) is 5.26 Å². The summed E-state index contributed by atoms with van der Waals surface area (Å²) in [6, 6.07) is 8.96. The zero-order chi connectivity index (χ0) is 24.4. The molecule has 3 aromatic rings. The topological polar surface area (TPSA) is 112 Å². The minimum atomic E-state index is -4.14. The normalized spacial score (nSPS) is 11.6. The van der Waals surface area contributed by atoms with Crippen molar-refractivity contribution in [1.82, 2.24) is 10.3 Å². The summed E-state index contributed by atoms with van der Waals surface area (Å²) in [7, 11) is -4.14. The van der Waals surface area contributed by atoms with Gasteiger partial charge in [0.2, 0.25) is 0 Å². The number of halogens is 3. The monoisotopic (exact) mass is 510 g/mol. The molecule has 33 heavy (non-hydrogen) atoms. The molecule has 0 fully saturated rings. The number of hydrogen-bond donors (Lipinski definition) is 2. The summed E-state index contributed by atoms with van der Waals surface area (Å²) in [5.41, 5.74) is -0.762. The third-order valence-corrected chi connectivity index (χ3v) is 7.13. The predicted molar refractivity (Wildman–Crippen MR) is 121 cm³/mol. The summed E-state index contributed by atoms with van der Waals surface area (Å²) in [6.45, 7) is 3.08. The molecule has 0 unspecified atom stereocenters. The summed E-state index contributed by atoms with van der Waals surface area (Å²) in [5.74, 6) is -2.38. The number of carbonyl (C=O) groups excluding carboxylic acids is 1. The fraction of sp³-hybridized carbons (Fsp3) is 0.190. The molecule has 172 valence electrons. The molecule has 12 heteroatoms. The molecule has 0 saturated heterocycles. The fourth-order valence-electron chi connectivity index (χ4n) is 2.82. The first-order valence-corrected chi connectivity index (χ1v) is 12.0. The molecule has 1 aromatic heterocycles. The van der Waals surface area contributed by atoms with Crippen LogP contribution in [-0.4, -0.2) is 19.3 Å². The molecule has 0 atom stereocenters. The zero-order valence-electron chi connectivity index (χ0n) is 17.3. The van der Waals surface area contributed by atoms with Gasteiger partial charge in [0.15, 0.2) is 5.13 Å². The molecule has 1 amide bonds. The van der Waals surface area contributed by atoms with Crippen molar-refractivity contribution < 1.29 is 22.0 Å². The number of nitrogens with one attached hydrogen (secondary N) is 2. The number of anilines is 1. The molecule has 0 spiro atoms.